The van der Waals surface area contributed by atoms with Gasteiger partial charge < -0.3 is 15.2 Å². The van der Waals surface area contributed by atoms with E-state index in [1.165, 1.54) is 23.8 Å². The van der Waals surface area contributed by atoms with Gasteiger partial charge in [-0.3, -0.25) is 9.36 Å². The van der Waals surface area contributed by atoms with Crippen LogP contribution in [-0.2, 0) is 13.6 Å². The molecule has 0 radical (unpaired) electrons. The highest BCUT2D eigenvalue weighted by atomic mass is 16.2. The molecule has 3 fully saturated rings. The number of imidazole rings is 1. The maximum Gasteiger partial charge on any atom is 0.326 e. The van der Waals surface area contributed by atoms with E-state index in [9.17, 15) is 9.59 Å². The Morgan fingerprint density at radius 2 is 2.11 bits per heavy atom. The topological polar surface area (TPSA) is 83.0 Å². The summed E-state index contributed by atoms with van der Waals surface area (Å²) in [7, 11) is 3.83. The first-order chi connectivity index (χ1) is 13.4. The number of nitrogens with zero attached hydrogens (tertiary/aromatic N) is 3. The number of aromatic nitrogens is 3. The number of hydrogen-bond acceptors (Lipinski definition) is 4. The van der Waals surface area contributed by atoms with E-state index in [4.69, 9.17) is 0 Å². The molecule has 0 unspecified atom stereocenters. The molecule has 144 valence electrons. The van der Waals surface area contributed by atoms with Crippen LogP contribution in [0.5, 0.6) is 0 Å². The van der Waals surface area contributed by atoms with Crippen LogP contribution in [-0.4, -0.2) is 33.0 Å². The second-order valence-corrected chi connectivity index (χ2v) is 8.19. The number of aryl methyl sites for hydroxylation is 1. The number of carbonyl (C=O) groups is 1. The highest BCUT2D eigenvalue weighted by Crippen LogP contribution is 2.60. The van der Waals surface area contributed by atoms with Crippen LogP contribution in [0.3, 0.4) is 0 Å². The summed E-state index contributed by atoms with van der Waals surface area (Å²) in [5, 5.41) is 2.92. The molecule has 0 saturated heterocycles. The number of carbonyl (C=O) groups excluding carboxylic acids is 1. The summed E-state index contributed by atoms with van der Waals surface area (Å²) in [4.78, 5) is 33.8. The number of benzene rings is 1. The highest BCUT2D eigenvalue weighted by Gasteiger charge is 2.59. The molecule has 3 saturated carbocycles. The fourth-order valence-corrected chi connectivity index (χ4v) is 4.47. The molecule has 3 aliphatic carbocycles. The number of anilines is 1. The van der Waals surface area contributed by atoms with E-state index in [2.05, 4.69) is 27.2 Å². The van der Waals surface area contributed by atoms with Crippen LogP contribution in [0.4, 0.5) is 5.82 Å². The Balaban J connectivity index is 1.24. The van der Waals surface area contributed by atoms with Gasteiger partial charge in [0.2, 0.25) is 0 Å². The van der Waals surface area contributed by atoms with Gasteiger partial charge in [-0.2, -0.15) is 0 Å². The summed E-state index contributed by atoms with van der Waals surface area (Å²) >= 11 is 0. The average Bonchev–Trinajstić information content (AvgIpc) is 2.91. The summed E-state index contributed by atoms with van der Waals surface area (Å²) in [5.41, 5.74) is 3.06. The first kappa shape index (κ1) is 17.0. The molecule has 0 atom stereocenters. The van der Waals surface area contributed by atoms with Gasteiger partial charge >= 0.3 is 5.69 Å². The first-order valence-electron chi connectivity index (χ1n) is 9.61. The maximum absolute atomic E-state index is 12.5. The van der Waals surface area contributed by atoms with Gasteiger partial charge in [-0.05, 0) is 55.0 Å². The number of aromatic amines is 1. The standard InChI is InChI=1S/C21H23N5O2/c1-25-17-5-4-15(7-16(17)24-20(25)28)19(27)23-12-13-3-6-18(22-11-13)26(2)21-8-14(9-21)10-21/h3-7,11,14H,8-10,12H2,1-2H3,(H,23,27)(H,24,28). The Bertz CT molecular complexity index is 1110. The number of rotatable bonds is 5. The molecule has 2 aromatic heterocycles. The highest BCUT2D eigenvalue weighted by molar-refractivity contribution is 5.97. The summed E-state index contributed by atoms with van der Waals surface area (Å²) in [6, 6.07) is 9.25. The largest absolute Gasteiger partial charge is 0.354 e. The lowest BCUT2D eigenvalue weighted by Crippen LogP contribution is -2.67. The normalized spacial score (nSPS) is 22.4. The van der Waals surface area contributed by atoms with Crippen molar-refractivity contribution in [3.8, 4) is 0 Å². The molecule has 1 aromatic carbocycles. The number of amides is 1. The molecule has 2 N–H and O–H groups in total. The van der Waals surface area contributed by atoms with Gasteiger partial charge in [0, 0.05) is 37.9 Å². The predicted molar refractivity (Wildman–Crippen MR) is 107 cm³/mol. The van der Waals surface area contributed by atoms with Gasteiger partial charge in [0.25, 0.3) is 5.91 Å². The Hall–Kier alpha value is -3.09. The minimum absolute atomic E-state index is 0.179. The van der Waals surface area contributed by atoms with Crippen molar-refractivity contribution >= 4 is 22.8 Å². The van der Waals surface area contributed by atoms with Crippen molar-refractivity contribution in [3.63, 3.8) is 0 Å². The average molecular weight is 377 g/mol. The van der Waals surface area contributed by atoms with Crippen molar-refractivity contribution in [3.05, 3.63) is 58.1 Å². The second-order valence-electron chi connectivity index (χ2n) is 8.19. The fourth-order valence-electron chi connectivity index (χ4n) is 4.47. The van der Waals surface area contributed by atoms with Gasteiger partial charge in [0.15, 0.2) is 0 Å². The molecular formula is C21H23N5O2. The predicted octanol–water partition coefficient (Wildman–Crippen LogP) is 2.18. The second kappa shape index (κ2) is 5.95. The number of fused-ring (bicyclic) bond motifs is 1. The zero-order chi connectivity index (χ0) is 19.5. The van der Waals surface area contributed by atoms with E-state index in [1.54, 1.807) is 25.2 Å². The van der Waals surface area contributed by atoms with E-state index in [1.807, 2.05) is 18.3 Å². The molecule has 7 heteroatoms. The van der Waals surface area contributed by atoms with Crippen molar-refractivity contribution in [2.75, 3.05) is 11.9 Å². The van der Waals surface area contributed by atoms with Crippen molar-refractivity contribution < 1.29 is 4.79 Å². The number of H-pyrrole nitrogens is 1. The molecule has 1 amide bonds. The monoisotopic (exact) mass is 377 g/mol. The minimum Gasteiger partial charge on any atom is -0.354 e. The Kier molecular flexibility index (Phi) is 3.62. The smallest absolute Gasteiger partial charge is 0.326 e. The molecule has 0 aliphatic heterocycles. The van der Waals surface area contributed by atoms with E-state index in [0.717, 1.165) is 22.8 Å². The summed E-state index contributed by atoms with van der Waals surface area (Å²) < 4.78 is 1.52. The quantitative estimate of drug-likeness (QED) is 0.714. The van der Waals surface area contributed by atoms with Gasteiger partial charge in [0.05, 0.1) is 11.0 Å². The maximum atomic E-state index is 12.5. The lowest BCUT2D eigenvalue weighted by molar-refractivity contribution is -0.0214. The third-order valence-electron chi connectivity index (χ3n) is 6.49. The molecule has 6 rings (SSSR count). The van der Waals surface area contributed by atoms with Crippen LogP contribution in [0, 0.1) is 5.92 Å². The Morgan fingerprint density at radius 3 is 2.75 bits per heavy atom. The van der Waals surface area contributed by atoms with Gasteiger partial charge in [-0.25, -0.2) is 9.78 Å². The first-order valence-corrected chi connectivity index (χ1v) is 9.61. The third kappa shape index (κ3) is 2.53. The SMILES string of the molecule is CN(c1ccc(CNC(=O)c2ccc3c(c2)[nH]c(=O)n3C)cn1)C12CC(C1)C2. The van der Waals surface area contributed by atoms with Crippen LogP contribution in [0.25, 0.3) is 11.0 Å². The number of hydrogen-bond donors (Lipinski definition) is 2. The van der Waals surface area contributed by atoms with Gasteiger partial charge in [-0.1, -0.05) is 6.07 Å². The number of pyridine rings is 1. The zero-order valence-corrected chi connectivity index (χ0v) is 16.0. The van der Waals surface area contributed by atoms with E-state index < -0.39 is 0 Å². The van der Waals surface area contributed by atoms with Crippen molar-refractivity contribution in [2.24, 2.45) is 13.0 Å². The molecule has 7 nitrogen and oxygen atoms in total. The third-order valence-corrected chi connectivity index (χ3v) is 6.49. The van der Waals surface area contributed by atoms with Crippen molar-refractivity contribution in [2.45, 2.75) is 31.3 Å². The lowest BCUT2D eigenvalue weighted by atomic mass is 9.49. The minimum atomic E-state index is -0.192. The lowest BCUT2D eigenvalue weighted by Gasteiger charge is -2.66. The van der Waals surface area contributed by atoms with Crippen molar-refractivity contribution in [1.29, 1.82) is 0 Å². The fraction of sp³-hybridized carbons (Fsp3) is 0.381. The Labute approximate surface area is 162 Å². The summed E-state index contributed by atoms with van der Waals surface area (Å²) in [6.07, 6.45) is 5.70. The molecular weight excluding hydrogens is 354 g/mol. The van der Waals surface area contributed by atoms with E-state index in [-0.39, 0.29) is 11.6 Å². The number of nitrogens with one attached hydrogen (secondary N) is 2. The van der Waals surface area contributed by atoms with Crippen LogP contribution >= 0.6 is 0 Å². The molecule has 2 heterocycles. The van der Waals surface area contributed by atoms with Crippen LogP contribution in [0.2, 0.25) is 0 Å². The van der Waals surface area contributed by atoms with Crippen LogP contribution in [0.15, 0.2) is 41.3 Å². The zero-order valence-electron chi connectivity index (χ0n) is 16.0. The molecule has 28 heavy (non-hydrogen) atoms. The van der Waals surface area contributed by atoms with E-state index >= 15 is 0 Å². The van der Waals surface area contributed by atoms with Gasteiger partial charge in [0.1, 0.15) is 5.82 Å². The molecule has 2 bridgehead atoms. The van der Waals surface area contributed by atoms with Crippen LogP contribution in [0.1, 0.15) is 35.2 Å². The van der Waals surface area contributed by atoms with Crippen LogP contribution < -0.4 is 15.9 Å². The summed E-state index contributed by atoms with van der Waals surface area (Å²) in [5.74, 6) is 1.75. The van der Waals surface area contributed by atoms with E-state index in [0.29, 0.717) is 23.2 Å². The molecule has 3 aliphatic rings. The molecule has 3 aromatic rings. The van der Waals surface area contributed by atoms with Crippen molar-refractivity contribution in [1.82, 2.24) is 19.9 Å². The van der Waals surface area contributed by atoms with Gasteiger partial charge in [-0.15, -0.1) is 0 Å². The molecule has 0 spiro atoms. The summed E-state index contributed by atoms with van der Waals surface area (Å²) in [6.45, 7) is 0.409. The Morgan fingerprint density at radius 1 is 1.32 bits per heavy atom.